The minimum absolute atomic E-state index is 0.272. The van der Waals surface area contributed by atoms with Crippen LogP contribution in [0.5, 0.6) is 5.75 Å². The third kappa shape index (κ3) is 4.32. The van der Waals surface area contributed by atoms with Gasteiger partial charge in [0.25, 0.3) is 0 Å². The van der Waals surface area contributed by atoms with Crippen LogP contribution in [0.1, 0.15) is 6.92 Å². The lowest BCUT2D eigenvalue weighted by atomic mass is 10.0. The van der Waals surface area contributed by atoms with Crippen LogP contribution in [-0.4, -0.2) is 47.7 Å². The van der Waals surface area contributed by atoms with Crippen LogP contribution in [0.15, 0.2) is 48.5 Å². The summed E-state index contributed by atoms with van der Waals surface area (Å²) >= 11 is 0. The smallest absolute Gasteiger partial charge is 0.245 e. The lowest BCUT2D eigenvalue weighted by Gasteiger charge is -2.14. The quantitative estimate of drug-likeness (QED) is 0.650. The summed E-state index contributed by atoms with van der Waals surface area (Å²) in [4.78, 5) is 6.62. The maximum absolute atomic E-state index is 9.57. The van der Waals surface area contributed by atoms with E-state index in [1.807, 2.05) is 67.5 Å². The van der Waals surface area contributed by atoms with E-state index in [9.17, 15) is 5.11 Å². The molecule has 0 saturated carbocycles. The number of aromatic nitrogens is 3. The van der Waals surface area contributed by atoms with Crippen LogP contribution >= 0.6 is 0 Å². The molecule has 0 radical (unpaired) electrons. The van der Waals surface area contributed by atoms with E-state index in [1.165, 1.54) is 0 Å². The Balaban J connectivity index is 2.08. The Hall–Kier alpha value is -3.19. The second-order valence-electron chi connectivity index (χ2n) is 6.32. The predicted molar refractivity (Wildman–Crippen MR) is 107 cm³/mol. The Morgan fingerprint density at radius 1 is 0.926 bits per heavy atom. The van der Waals surface area contributed by atoms with Crippen molar-refractivity contribution in [3.05, 3.63) is 48.5 Å². The highest BCUT2D eigenvalue weighted by Crippen LogP contribution is 2.31. The number of aliphatic hydroxyl groups excluding tert-OH is 1. The van der Waals surface area contributed by atoms with Gasteiger partial charge in [0.1, 0.15) is 23.4 Å². The molecule has 2 N–H and O–H groups in total. The van der Waals surface area contributed by atoms with Gasteiger partial charge in [-0.15, -0.1) is 10.2 Å². The fourth-order valence-electron chi connectivity index (χ4n) is 2.64. The normalized spacial score (nSPS) is 11.7. The third-order valence-corrected chi connectivity index (χ3v) is 4.05. The molecular formula is C20H23N5O2. The summed E-state index contributed by atoms with van der Waals surface area (Å²) in [5.41, 5.74) is 4.23. The fourth-order valence-corrected chi connectivity index (χ4v) is 2.64. The summed E-state index contributed by atoms with van der Waals surface area (Å²) < 4.78 is 5.22. The number of rotatable bonds is 6. The van der Waals surface area contributed by atoms with Crippen LogP contribution in [0.25, 0.3) is 22.5 Å². The van der Waals surface area contributed by atoms with E-state index in [-0.39, 0.29) is 5.95 Å². The van der Waals surface area contributed by atoms with Crippen molar-refractivity contribution in [2.45, 2.75) is 13.2 Å². The zero-order valence-electron chi connectivity index (χ0n) is 15.8. The van der Waals surface area contributed by atoms with Gasteiger partial charge in [-0.3, -0.25) is 0 Å². The summed E-state index contributed by atoms with van der Waals surface area (Å²) in [5, 5.41) is 20.8. The molecule has 0 amide bonds. The number of aliphatic hydroxyl groups is 1. The number of hydrogen-bond acceptors (Lipinski definition) is 7. The average Bonchev–Trinajstić information content (AvgIpc) is 2.67. The van der Waals surface area contributed by atoms with Crippen molar-refractivity contribution in [2.24, 2.45) is 0 Å². The monoisotopic (exact) mass is 365 g/mol. The van der Waals surface area contributed by atoms with E-state index < -0.39 is 6.23 Å². The first-order valence-electron chi connectivity index (χ1n) is 8.59. The number of hydrogen-bond donors (Lipinski definition) is 2. The Labute approximate surface area is 158 Å². The van der Waals surface area contributed by atoms with Gasteiger partial charge in [0.15, 0.2) is 0 Å². The van der Waals surface area contributed by atoms with E-state index in [0.717, 1.165) is 22.6 Å². The molecule has 27 heavy (non-hydrogen) atoms. The summed E-state index contributed by atoms with van der Waals surface area (Å²) in [6.07, 6.45) is -0.775. The molecule has 1 unspecified atom stereocenters. The van der Waals surface area contributed by atoms with Gasteiger partial charge >= 0.3 is 0 Å². The van der Waals surface area contributed by atoms with E-state index in [1.54, 1.807) is 14.0 Å². The first kappa shape index (κ1) is 18.6. The Bertz CT molecular complexity index is 893. The molecule has 0 aliphatic carbocycles. The van der Waals surface area contributed by atoms with E-state index in [4.69, 9.17) is 4.74 Å². The molecule has 140 valence electrons. The molecule has 3 aromatic rings. The molecule has 0 bridgehead atoms. The molecule has 1 atom stereocenters. The van der Waals surface area contributed by atoms with Gasteiger partial charge in [-0.25, -0.2) is 4.98 Å². The highest BCUT2D eigenvalue weighted by molar-refractivity contribution is 5.79. The van der Waals surface area contributed by atoms with Crippen molar-refractivity contribution >= 4 is 11.6 Å². The lowest BCUT2D eigenvalue weighted by molar-refractivity contribution is 0.223. The topological polar surface area (TPSA) is 83.4 Å². The van der Waals surface area contributed by atoms with Crippen LogP contribution in [0.3, 0.4) is 0 Å². The SMILES string of the molecule is COc1ccc(-c2nnc(NC(C)O)nc2-c2ccc(N(C)C)cc2)cc1. The predicted octanol–water partition coefficient (Wildman–Crippen LogP) is 3.03. The molecule has 0 aliphatic heterocycles. The van der Waals surface area contributed by atoms with Crippen LogP contribution in [0.2, 0.25) is 0 Å². The van der Waals surface area contributed by atoms with E-state index in [2.05, 4.69) is 20.5 Å². The van der Waals surface area contributed by atoms with Gasteiger partial charge in [-0.1, -0.05) is 12.1 Å². The van der Waals surface area contributed by atoms with Crippen molar-refractivity contribution in [3.63, 3.8) is 0 Å². The molecule has 7 nitrogen and oxygen atoms in total. The number of nitrogens with zero attached hydrogens (tertiary/aromatic N) is 4. The Kier molecular flexibility index (Phi) is 5.52. The van der Waals surface area contributed by atoms with Crippen molar-refractivity contribution in [2.75, 3.05) is 31.4 Å². The van der Waals surface area contributed by atoms with Crippen molar-refractivity contribution in [1.29, 1.82) is 0 Å². The first-order valence-corrected chi connectivity index (χ1v) is 8.59. The summed E-state index contributed by atoms with van der Waals surface area (Å²) in [7, 11) is 5.62. The maximum Gasteiger partial charge on any atom is 0.245 e. The first-order chi connectivity index (χ1) is 13.0. The number of methoxy groups -OCH3 is 1. The van der Waals surface area contributed by atoms with Gasteiger partial charge in [-0.05, 0) is 43.3 Å². The Morgan fingerprint density at radius 3 is 2.07 bits per heavy atom. The molecule has 0 spiro atoms. The number of benzene rings is 2. The van der Waals surface area contributed by atoms with Gasteiger partial charge in [0.2, 0.25) is 5.95 Å². The summed E-state index contributed by atoms with van der Waals surface area (Å²) in [6.45, 7) is 1.60. The van der Waals surface area contributed by atoms with Gasteiger partial charge in [0.05, 0.1) is 7.11 Å². The highest BCUT2D eigenvalue weighted by atomic mass is 16.5. The zero-order valence-corrected chi connectivity index (χ0v) is 15.8. The molecule has 1 aromatic heterocycles. The maximum atomic E-state index is 9.57. The van der Waals surface area contributed by atoms with E-state index >= 15 is 0 Å². The molecule has 0 aliphatic rings. The van der Waals surface area contributed by atoms with E-state index in [0.29, 0.717) is 11.4 Å². The number of ether oxygens (including phenoxy) is 1. The number of anilines is 2. The van der Waals surface area contributed by atoms with Crippen LogP contribution in [-0.2, 0) is 0 Å². The average molecular weight is 365 g/mol. The largest absolute Gasteiger partial charge is 0.497 e. The van der Waals surface area contributed by atoms with Crippen LogP contribution in [0.4, 0.5) is 11.6 Å². The second-order valence-corrected chi connectivity index (χ2v) is 6.32. The van der Waals surface area contributed by atoms with Crippen molar-refractivity contribution in [1.82, 2.24) is 15.2 Å². The zero-order chi connectivity index (χ0) is 19.4. The van der Waals surface area contributed by atoms with Crippen molar-refractivity contribution < 1.29 is 9.84 Å². The van der Waals surface area contributed by atoms with Crippen LogP contribution < -0.4 is 15.0 Å². The molecule has 7 heteroatoms. The molecule has 3 rings (SSSR count). The molecule has 0 saturated heterocycles. The molecule has 0 fully saturated rings. The number of nitrogens with one attached hydrogen (secondary N) is 1. The fraction of sp³-hybridized carbons (Fsp3) is 0.250. The summed E-state index contributed by atoms with van der Waals surface area (Å²) in [5.74, 6) is 1.04. The highest BCUT2D eigenvalue weighted by Gasteiger charge is 2.15. The van der Waals surface area contributed by atoms with Gasteiger partial charge in [0, 0.05) is 30.9 Å². The third-order valence-electron chi connectivity index (χ3n) is 4.05. The Morgan fingerprint density at radius 2 is 1.52 bits per heavy atom. The minimum atomic E-state index is -0.775. The van der Waals surface area contributed by atoms with Gasteiger partial charge < -0.3 is 20.1 Å². The minimum Gasteiger partial charge on any atom is -0.497 e. The molecule has 2 aromatic carbocycles. The second kappa shape index (κ2) is 8.01. The molecule has 1 heterocycles. The van der Waals surface area contributed by atoms with Crippen LogP contribution in [0, 0.1) is 0 Å². The van der Waals surface area contributed by atoms with Gasteiger partial charge in [-0.2, -0.15) is 0 Å². The van der Waals surface area contributed by atoms with Crippen molar-refractivity contribution in [3.8, 4) is 28.3 Å². The standard InChI is InChI=1S/C20H23N5O2/c1-13(26)21-20-22-18(14-5-9-16(10-6-14)25(2)3)19(23-24-20)15-7-11-17(27-4)12-8-15/h5-13,26H,1-4H3,(H,21,22,24). The molecular weight excluding hydrogens is 342 g/mol. The lowest BCUT2D eigenvalue weighted by Crippen LogP contribution is -2.16. The summed E-state index contributed by atoms with van der Waals surface area (Å²) in [6, 6.07) is 15.6.